The average molecular weight is 262 g/mol. The third-order valence-electron chi connectivity index (χ3n) is 3.26. The minimum atomic E-state index is -0.778. The van der Waals surface area contributed by atoms with Crippen molar-refractivity contribution in [2.45, 2.75) is 18.6 Å². The second kappa shape index (κ2) is 6.02. The third-order valence-corrected chi connectivity index (χ3v) is 3.26. The molecule has 1 fully saturated rings. The highest BCUT2D eigenvalue weighted by Gasteiger charge is 2.31. The Morgan fingerprint density at radius 3 is 3.05 bits per heavy atom. The van der Waals surface area contributed by atoms with E-state index in [2.05, 4.69) is 11.4 Å². The molecule has 0 aromatic heterocycles. The highest BCUT2D eigenvalue weighted by Crippen LogP contribution is 2.21. The van der Waals surface area contributed by atoms with Crippen LogP contribution in [0.3, 0.4) is 0 Å². The summed E-state index contributed by atoms with van der Waals surface area (Å²) in [4.78, 5) is 0. The number of methoxy groups -OCH3 is 1. The second-order valence-electron chi connectivity index (χ2n) is 4.77. The Morgan fingerprint density at radius 2 is 2.42 bits per heavy atom. The highest BCUT2D eigenvalue weighted by molar-refractivity contribution is 5.41. The van der Waals surface area contributed by atoms with Crippen molar-refractivity contribution in [3.63, 3.8) is 0 Å². The largest absolute Gasteiger partial charge is 0.496 e. The number of rotatable bonds is 5. The summed E-state index contributed by atoms with van der Waals surface area (Å²) in [6, 6.07) is 7.40. The maximum absolute atomic E-state index is 10.1. The van der Waals surface area contributed by atoms with Gasteiger partial charge in [0.05, 0.1) is 25.3 Å². The molecule has 0 aliphatic carbocycles. The van der Waals surface area contributed by atoms with Crippen LogP contribution in [-0.2, 0) is 11.3 Å². The number of benzene rings is 1. The van der Waals surface area contributed by atoms with Crippen molar-refractivity contribution in [3.05, 3.63) is 29.3 Å². The first-order chi connectivity index (χ1) is 9.17. The molecule has 5 nitrogen and oxygen atoms in total. The predicted molar refractivity (Wildman–Crippen MR) is 69.8 cm³/mol. The summed E-state index contributed by atoms with van der Waals surface area (Å²) >= 11 is 0. The van der Waals surface area contributed by atoms with Crippen molar-refractivity contribution >= 4 is 0 Å². The summed E-state index contributed by atoms with van der Waals surface area (Å²) < 4.78 is 10.4. The van der Waals surface area contributed by atoms with Crippen LogP contribution in [0.15, 0.2) is 18.2 Å². The lowest BCUT2D eigenvalue weighted by molar-refractivity contribution is 0.0268. The Labute approximate surface area is 112 Å². The molecule has 1 heterocycles. The fourth-order valence-corrected chi connectivity index (χ4v) is 2.15. The van der Waals surface area contributed by atoms with Crippen LogP contribution in [0.5, 0.6) is 5.75 Å². The van der Waals surface area contributed by atoms with Crippen LogP contribution in [0.2, 0.25) is 0 Å². The van der Waals surface area contributed by atoms with E-state index in [9.17, 15) is 5.11 Å². The molecule has 1 aromatic carbocycles. The van der Waals surface area contributed by atoms with Gasteiger partial charge in [-0.2, -0.15) is 5.26 Å². The maximum atomic E-state index is 10.1. The first-order valence-electron chi connectivity index (χ1n) is 6.25. The Balaban J connectivity index is 1.96. The summed E-state index contributed by atoms with van der Waals surface area (Å²) in [6.07, 6.45) is 0.648. The van der Waals surface area contributed by atoms with Gasteiger partial charge in [0.2, 0.25) is 0 Å². The van der Waals surface area contributed by atoms with E-state index in [1.165, 1.54) is 0 Å². The first-order valence-corrected chi connectivity index (χ1v) is 6.25. The Kier molecular flexibility index (Phi) is 4.38. The zero-order valence-corrected chi connectivity index (χ0v) is 11.0. The van der Waals surface area contributed by atoms with E-state index in [0.717, 1.165) is 11.3 Å². The van der Waals surface area contributed by atoms with Crippen LogP contribution in [0.25, 0.3) is 0 Å². The molecular weight excluding hydrogens is 244 g/mol. The summed E-state index contributed by atoms with van der Waals surface area (Å²) in [6.45, 7) is 1.98. The van der Waals surface area contributed by atoms with E-state index >= 15 is 0 Å². The number of hydrogen-bond donors (Lipinski definition) is 2. The van der Waals surface area contributed by atoms with Gasteiger partial charge in [-0.3, -0.25) is 0 Å². The zero-order chi connectivity index (χ0) is 13.7. The van der Waals surface area contributed by atoms with Crippen molar-refractivity contribution in [2.75, 3.05) is 26.9 Å². The number of ether oxygens (including phenoxy) is 2. The molecule has 2 N–H and O–H groups in total. The van der Waals surface area contributed by atoms with Crippen molar-refractivity contribution in [1.29, 1.82) is 5.26 Å². The maximum Gasteiger partial charge on any atom is 0.123 e. The summed E-state index contributed by atoms with van der Waals surface area (Å²) in [5.74, 6) is 0.737. The van der Waals surface area contributed by atoms with E-state index in [1.54, 1.807) is 25.3 Å². The van der Waals surface area contributed by atoms with Crippen molar-refractivity contribution < 1.29 is 14.6 Å². The molecule has 0 bridgehead atoms. The van der Waals surface area contributed by atoms with Gasteiger partial charge in [0.15, 0.2) is 0 Å². The first kappa shape index (κ1) is 13.8. The molecule has 102 valence electrons. The summed E-state index contributed by atoms with van der Waals surface area (Å²) in [5.41, 5.74) is 0.727. The topological polar surface area (TPSA) is 74.5 Å². The number of nitrogens with one attached hydrogen (secondary N) is 1. The quantitative estimate of drug-likeness (QED) is 0.821. The van der Waals surface area contributed by atoms with E-state index in [1.807, 2.05) is 0 Å². The molecule has 2 rings (SSSR count). The summed E-state index contributed by atoms with van der Waals surface area (Å²) in [7, 11) is 1.60. The Bertz CT molecular complexity index is 476. The average Bonchev–Trinajstić information content (AvgIpc) is 2.85. The lowest BCUT2D eigenvalue weighted by Crippen LogP contribution is -2.40. The molecule has 1 atom stereocenters. The monoisotopic (exact) mass is 262 g/mol. The van der Waals surface area contributed by atoms with Crippen LogP contribution in [-0.4, -0.2) is 37.6 Å². The molecule has 0 amide bonds. The fraction of sp³-hybridized carbons (Fsp3) is 0.500. The minimum absolute atomic E-state index is 0.370. The normalized spacial score (nSPS) is 22.2. The molecule has 0 radical (unpaired) electrons. The number of nitriles is 1. The van der Waals surface area contributed by atoms with Gasteiger partial charge < -0.3 is 19.9 Å². The molecule has 1 aliphatic heterocycles. The highest BCUT2D eigenvalue weighted by atomic mass is 16.5. The van der Waals surface area contributed by atoms with Crippen molar-refractivity contribution in [3.8, 4) is 11.8 Å². The van der Waals surface area contributed by atoms with E-state index < -0.39 is 5.60 Å². The zero-order valence-electron chi connectivity index (χ0n) is 11.0. The van der Waals surface area contributed by atoms with Gasteiger partial charge >= 0.3 is 0 Å². The fourth-order valence-electron chi connectivity index (χ4n) is 2.15. The van der Waals surface area contributed by atoms with Gasteiger partial charge in [0, 0.05) is 31.7 Å². The third kappa shape index (κ3) is 3.44. The van der Waals surface area contributed by atoms with Crippen LogP contribution in [0.1, 0.15) is 17.5 Å². The molecule has 19 heavy (non-hydrogen) atoms. The number of aliphatic hydroxyl groups is 1. The van der Waals surface area contributed by atoms with Gasteiger partial charge in [-0.25, -0.2) is 0 Å². The molecule has 1 aliphatic rings. The van der Waals surface area contributed by atoms with Crippen molar-refractivity contribution in [1.82, 2.24) is 5.32 Å². The van der Waals surface area contributed by atoms with Crippen LogP contribution in [0, 0.1) is 11.3 Å². The molecule has 0 saturated carbocycles. The molecule has 5 heteroatoms. The standard InChI is InChI=1S/C14H18N2O3/c1-18-13-3-2-11(7-15)6-12(13)8-16-9-14(17)4-5-19-10-14/h2-3,6,16-17H,4-5,8-10H2,1H3. The van der Waals surface area contributed by atoms with Gasteiger partial charge in [-0.05, 0) is 18.2 Å². The van der Waals surface area contributed by atoms with Gasteiger partial charge in [0.1, 0.15) is 11.4 Å². The molecular formula is C14H18N2O3. The Hall–Kier alpha value is -1.61. The second-order valence-corrected chi connectivity index (χ2v) is 4.77. The molecule has 0 spiro atoms. The van der Waals surface area contributed by atoms with E-state index in [-0.39, 0.29) is 0 Å². The minimum Gasteiger partial charge on any atom is -0.496 e. The number of hydrogen-bond acceptors (Lipinski definition) is 5. The van der Waals surface area contributed by atoms with E-state index in [4.69, 9.17) is 14.7 Å². The van der Waals surface area contributed by atoms with Crippen molar-refractivity contribution in [2.24, 2.45) is 0 Å². The lowest BCUT2D eigenvalue weighted by Gasteiger charge is -2.21. The van der Waals surface area contributed by atoms with Crippen LogP contribution >= 0.6 is 0 Å². The SMILES string of the molecule is COc1ccc(C#N)cc1CNCC1(O)CCOC1. The summed E-state index contributed by atoms with van der Waals surface area (Å²) in [5, 5.41) is 22.2. The molecule has 1 saturated heterocycles. The van der Waals surface area contributed by atoms with Gasteiger partial charge in [-0.1, -0.05) is 0 Å². The molecule has 1 aromatic rings. The number of nitrogens with zero attached hydrogens (tertiary/aromatic N) is 1. The molecule has 1 unspecified atom stereocenters. The smallest absolute Gasteiger partial charge is 0.123 e. The van der Waals surface area contributed by atoms with E-state index in [0.29, 0.717) is 38.3 Å². The van der Waals surface area contributed by atoms with Gasteiger partial charge in [0.25, 0.3) is 0 Å². The van der Waals surface area contributed by atoms with Crippen LogP contribution < -0.4 is 10.1 Å². The van der Waals surface area contributed by atoms with Crippen LogP contribution in [0.4, 0.5) is 0 Å². The predicted octanol–water partition coefficient (Wildman–Crippen LogP) is 0.808. The van der Waals surface area contributed by atoms with Gasteiger partial charge in [-0.15, -0.1) is 0 Å². The Morgan fingerprint density at radius 1 is 1.58 bits per heavy atom. The lowest BCUT2D eigenvalue weighted by atomic mass is 10.0.